The van der Waals surface area contributed by atoms with Gasteiger partial charge in [0.2, 0.25) is 11.8 Å². The van der Waals surface area contributed by atoms with Crippen LogP contribution in [-0.4, -0.2) is 50.9 Å². The summed E-state index contributed by atoms with van der Waals surface area (Å²) in [5.74, 6) is -0.132. The molecule has 0 bridgehead atoms. The first-order chi connectivity index (χ1) is 20.5. The van der Waals surface area contributed by atoms with E-state index in [1.165, 1.54) is 35.2 Å². The first-order valence-corrected chi connectivity index (χ1v) is 16.5. The van der Waals surface area contributed by atoms with Gasteiger partial charge in [0.15, 0.2) is 0 Å². The second kappa shape index (κ2) is 14.5. The van der Waals surface area contributed by atoms with Gasteiger partial charge in [0, 0.05) is 12.6 Å². The normalized spacial score (nSPS) is 14.3. The number of hydrogen-bond acceptors (Lipinski definition) is 5. The molecule has 0 saturated heterocycles. The van der Waals surface area contributed by atoms with Gasteiger partial charge in [0.05, 0.1) is 27.7 Å². The molecule has 1 saturated carbocycles. The zero-order valence-electron chi connectivity index (χ0n) is 24.6. The Bertz CT molecular complexity index is 1530. The summed E-state index contributed by atoms with van der Waals surface area (Å²) >= 11 is 12.4. The highest BCUT2D eigenvalue weighted by molar-refractivity contribution is 7.92. The number of rotatable bonds is 12. The van der Waals surface area contributed by atoms with Crippen molar-refractivity contribution in [3.63, 3.8) is 0 Å². The predicted octanol–water partition coefficient (Wildman–Crippen LogP) is 6.37. The van der Waals surface area contributed by atoms with E-state index >= 15 is 0 Å². The predicted molar refractivity (Wildman–Crippen MR) is 170 cm³/mol. The maximum absolute atomic E-state index is 14.2. The van der Waals surface area contributed by atoms with Crippen molar-refractivity contribution in [1.29, 1.82) is 0 Å². The summed E-state index contributed by atoms with van der Waals surface area (Å²) in [6, 6.07) is 17.2. The van der Waals surface area contributed by atoms with Gasteiger partial charge in [-0.2, -0.15) is 0 Å². The number of methoxy groups -OCH3 is 1. The molecule has 230 valence electrons. The molecular formula is C32H37Cl2N3O5S. The lowest BCUT2D eigenvalue weighted by Crippen LogP contribution is -2.53. The molecule has 1 aliphatic carbocycles. The minimum Gasteiger partial charge on any atom is -0.497 e. The minimum atomic E-state index is -4.22. The Labute approximate surface area is 264 Å². The van der Waals surface area contributed by atoms with Gasteiger partial charge in [0.1, 0.15) is 18.3 Å². The number of nitrogens with one attached hydrogen (secondary N) is 1. The molecule has 0 aliphatic heterocycles. The van der Waals surface area contributed by atoms with E-state index in [9.17, 15) is 18.0 Å². The summed E-state index contributed by atoms with van der Waals surface area (Å²) in [5.41, 5.74) is 1.83. The summed E-state index contributed by atoms with van der Waals surface area (Å²) < 4.78 is 34.3. The largest absolute Gasteiger partial charge is 0.497 e. The van der Waals surface area contributed by atoms with Crippen molar-refractivity contribution in [3.8, 4) is 5.75 Å². The third-order valence-electron chi connectivity index (χ3n) is 7.68. The van der Waals surface area contributed by atoms with Gasteiger partial charge in [-0.25, -0.2) is 8.42 Å². The zero-order chi connectivity index (χ0) is 31.1. The van der Waals surface area contributed by atoms with Crippen molar-refractivity contribution in [2.45, 2.75) is 69.5 Å². The zero-order valence-corrected chi connectivity index (χ0v) is 26.9. The summed E-state index contributed by atoms with van der Waals surface area (Å²) in [6.45, 7) is 3.24. The fourth-order valence-corrected chi connectivity index (χ4v) is 6.92. The highest BCUT2D eigenvalue weighted by Gasteiger charge is 2.34. The van der Waals surface area contributed by atoms with Gasteiger partial charge in [-0.3, -0.25) is 13.9 Å². The smallest absolute Gasteiger partial charge is 0.264 e. The monoisotopic (exact) mass is 645 g/mol. The first kappa shape index (κ1) is 32.6. The van der Waals surface area contributed by atoms with Crippen molar-refractivity contribution in [2.75, 3.05) is 18.0 Å². The number of nitrogens with zero attached hydrogens (tertiary/aromatic N) is 2. The first-order valence-electron chi connectivity index (χ1n) is 14.3. The average molecular weight is 647 g/mol. The lowest BCUT2D eigenvalue weighted by molar-refractivity contribution is -0.140. The number of halogens is 2. The molecule has 0 aromatic heterocycles. The van der Waals surface area contributed by atoms with Crippen molar-refractivity contribution in [1.82, 2.24) is 10.2 Å². The average Bonchev–Trinajstić information content (AvgIpc) is 3.50. The third kappa shape index (κ3) is 8.02. The Morgan fingerprint density at radius 1 is 0.977 bits per heavy atom. The van der Waals surface area contributed by atoms with Crippen LogP contribution >= 0.6 is 23.2 Å². The summed E-state index contributed by atoms with van der Waals surface area (Å²) in [7, 11) is -2.65. The van der Waals surface area contributed by atoms with E-state index in [-0.39, 0.29) is 39.1 Å². The number of carbonyl (C=O) groups is 2. The van der Waals surface area contributed by atoms with E-state index in [0.717, 1.165) is 41.1 Å². The van der Waals surface area contributed by atoms with Gasteiger partial charge in [-0.05, 0) is 74.2 Å². The molecule has 8 nitrogen and oxygen atoms in total. The molecular weight excluding hydrogens is 609 g/mol. The Kier molecular flexibility index (Phi) is 11.0. The summed E-state index contributed by atoms with van der Waals surface area (Å²) in [5, 5.41) is 3.51. The number of sulfonamides is 1. The van der Waals surface area contributed by atoms with Crippen LogP contribution in [-0.2, 0) is 26.2 Å². The topological polar surface area (TPSA) is 96.0 Å². The SMILES string of the molecule is CC[C@@H](C(=O)NC1CCCC1)N(Cc1ccc(OC)cc1)C(=O)CN(c1ccc(Cl)c(Cl)c1)S(=O)(=O)c1ccc(C)cc1. The molecule has 0 heterocycles. The number of benzene rings is 3. The molecule has 1 N–H and O–H groups in total. The highest BCUT2D eigenvalue weighted by Crippen LogP contribution is 2.31. The van der Waals surface area contributed by atoms with Gasteiger partial charge < -0.3 is 15.0 Å². The van der Waals surface area contributed by atoms with E-state index < -0.39 is 28.5 Å². The Morgan fingerprint density at radius 3 is 2.21 bits per heavy atom. The van der Waals surface area contributed by atoms with Crippen molar-refractivity contribution >= 4 is 50.7 Å². The van der Waals surface area contributed by atoms with Crippen molar-refractivity contribution in [3.05, 3.63) is 87.9 Å². The fourth-order valence-electron chi connectivity index (χ4n) is 5.22. The second-order valence-electron chi connectivity index (χ2n) is 10.7. The molecule has 43 heavy (non-hydrogen) atoms. The highest BCUT2D eigenvalue weighted by atomic mass is 35.5. The molecule has 0 radical (unpaired) electrons. The molecule has 11 heteroatoms. The number of hydrogen-bond donors (Lipinski definition) is 1. The Hall–Kier alpha value is -3.27. The molecule has 1 fully saturated rings. The lowest BCUT2D eigenvalue weighted by atomic mass is 10.1. The van der Waals surface area contributed by atoms with Crippen molar-refractivity contribution < 1.29 is 22.7 Å². The molecule has 3 aromatic carbocycles. The van der Waals surface area contributed by atoms with E-state index in [2.05, 4.69) is 5.32 Å². The molecule has 0 unspecified atom stereocenters. The standard InChI is InChI=1S/C32H37Cl2N3O5S/c1-4-30(32(39)35-24-7-5-6-8-24)36(20-23-11-14-26(42-3)15-12-23)31(38)21-37(25-13-18-28(33)29(34)19-25)43(40,41)27-16-9-22(2)10-17-27/h9-19,24,30H,4-8,20-21H2,1-3H3,(H,35,39)/t30-/m0/s1. The number of carbonyl (C=O) groups excluding carboxylic acids is 2. The summed E-state index contributed by atoms with van der Waals surface area (Å²) in [4.78, 5) is 29.3. The van der Waals surface area contributed by atoms with Crippen molar-refractivity contribution in [2.24, 2.45) is 0 Å². The molecule has 1 aliphatic rings. The van der Waals surface area contributed by atoms with Crippen LogP contribution in [0.4, 0.5) is 5.69 Å². The quantitative estimate of drug-likeness (QED) is 0.247. The number of ether oxygens (including phenoxy) is 1. The van der Waals surface area contributed by atoms with E-state index in [0.29, 0.717) is 12.2 Å². The minimum absolute atomic E-state index is 0.0182. The molecule has 4 rings (SSSR count). The second-order valence-corrected chi connectivity index (χ2v) is 13.4. The van der Waals surface area contributed by atoms with Gasteiger partial charge >= 0.3 is 0 Å². The molecule has 3 aromatic rings. The van der Waals surface area contributed by atoms with Crippen LogP contribution in [0, 0.1) is 6.92 Å². The third-order valence-corrected chi connectivity index (χ3v) is 10.2. The van der Waals surface area contributed by atoms with E-state index in [1.807, 2.05) is 26.0 Å². The van der Waals surface area contributed by atoms with Crippen LogP contribution in [0.25, 0.3) is 0 Å². The number of amides is 2. The van der Waals surface area contributed by atoms with Crippen LogP contribution in [0.3, 0.4) is 0 Å². The maximum atomic E-state index is 14.2. The van der Waals surface area contributed by atoms with Crippen LogP contribution in [0.15, 0.2) is 71.6 Å². The Morgan fingerprint density at radius 2 is 1.63 bits per heavy atom. The van der Waals surface area contributed by atoms with E-state index in [1.54, 1.807) is 31.4 Å². The van der Waals surface area contributed by atoms with E-state index in [4.69, 9.17) is 27.9 Å². The fraction of sp³-hybridized carbons (Fsp3) is 0.375. The van der Waals surface area contributed by atoms with Crippen LogP contribution in [0.5, 0.6) is 5.75 Å². The lowest BCUT2D eigenvalue weighted by Gasteiger charge is -2.34. The maximum Gasteiger partial charge on any atom is 0.264 e. The molecule has 0 spiro atoms. The summed E-state index contributed by atoms with van der Waals surface area (Å²) in [6.07, 6.45) is 4.23. The van der Waals surface area contributed by atoms with Crippen LogP contribution in [0.2, 0.25) is 10.0 Å². The van der Waals surface area contributed by atoms with Gasteiger partial charge in [-0.15, -0.1) is 0 Å². The van der Waals surface area contributed by atoms with Gasteiger partial charge in [0.25, 0.3) is 10.0 Å². The van der Waals surface area contributed by atoms with Gasteiger partial charge in [-0.1, -0.05) is 72.8 Å². The number of anilines is 1. The molecule has 1 atom stereocenters. The number of aryl methyl sites for hydroxylation is 1. The molecule has 2 amide bonds. The Balaban J connectivity index is 1.73. The van der Waals surface area contributed by atoms with Crippen LogP contribution in [0.1, 0.15) is 50.2 Å². The van der Waals surface area contributed by atoms with Crippen LogP contribution < -0.4 is 14.4 Å².